The van der Waals surface area contributed by atoms with Gasteiger partial charge in [-0.05, 0) is 17.7 Å². The van der Waals surface area contributed by atoms with Crippen molar-refractivity contribution >= 4 is 33.2 Å². The van der Waals surface area contributed by atoms with E-state index < -0.39 is 0 Å². The lowest BCUT2D eigenvalue weighted by atomic mass is 10.1. The van der Waals surface area contributed by atoms with Crippen LogP contribution in [0.2, 0.25) is 5.02 Å². The van der Waals surface area contributed by atoms with E-state index >= 15 is 0 Å². The minimum Gasteiger partial charge on any atom is -0.411 e. The van der Waals surface area contributed by atoms with Gasteiger partial charge in [0.15, 0.2) is 6.39 Å². The Balaban J connectivity index is 2.31. The third kappa shape index (κ3) is 1.75. The zero-order chi connectivity index (χ0) is 11.8. The highest BCUT2D eigenvalue weighted by molar-refractivity contribution is 7.17. The fourth-order valence-electron chi connectivity index (χ4n) is 1.66. The number of halogens is 1. The number of hydrogen-bond donors (Lipinski definition) is 0. The van der Waals surface area contributed by atoms with Gasteiger partial charge in [-0.25, -0.2) is 9.78 Å². The van der Waals surface area contributed by atoms with Crippen LogP contribution in [0.3, 0.4) is 0 Å². The third-order valence-electron chi connectivity index (χ3n) is 2.46. The molecule has 0 bridgehead atoms. The minimum atomic E-state index is -0.360. The maximum absolute atomic E-state index is 11.7. The van der Waals surface area contributed by atoms with E-state index in [2.05, 4.69) is 4.98 Å². The molecule has 0 saturated heterocycles. The van der Waals surface area contributed by atoms with Crippen molar-refractivity contribution in [2.75, 3.05) is 0 Å². The van der Waals surface area contributed by atoms with Crippen molar-refractivity contribution in [3.63, 3.8) is 0 Å². The minimum absolute atomic E-state index is 0.360. The Morgan fingerprint density at radius 1 is 1.24 bits per heavy atom. The molecule has 0 N–H and O–H groups in total. The number of aromatic nitrogens is 1. The molecule has 0 aliphatic carbocycles. The van der Waals surface area contributed by atoms with E-state index in [9.17, 15) is 4.79 Å². The van der Waals surface area contributed by atoms with Gasteiger partial charge in [0, 0.05) is 16.0 Å². The second kappa shape index (κ2) is 3.98. The van der Waals surface area contributed by atoms with Gasteiger partial charge in [0.2, 0.25) is 0 Å². The largest absolute Gasteiger partial charge is 0.411 e. The first-order valence-electron chi connectivity index (χ1n) is 4.86. The van der Waals surface area contributed by atoms with Gasteiger partial charge in [-0.15, -0.1) is 11.3 Å². The summed E-state index contributed by atoms with van der Waals surface area (Å²) in [6, 6.07) is 7.32. The van der Waals surface area contributed by atoms with Crippen LogP contribution in [-0.2, 0) is 0 Å². The number of hydrogen-bond acceptors (Lipinski definition) is 4. The summed E-state index contributed by atoms with van der Waals surface area (Å²) in [6.07, 6.45) is 1.17. The SMILES string of the molecule is O=c1ocnc2scc(-c3ccc(Cl)cc3)c12. The molecule has 0 amide bonds. The molecule has 0 unspecified atom stereocenters. The average Bonchev–Trinajstić information content (AvgIpc) is 2.75. The van der Waals surface area contributed by atoms with Crippen LogP contribution < -0.4 is 5.63 Å². The van der Waals surface area contributed by atoms with Crippen molar-refractivity contribution in [3.8, 4) is 11.1 Å². The Labute approximate surface area is 105 Å². The van der Waals surface area contributed by atoms with Gasteiger partial charge in [-0.2, -0.15) is 0 Å². The van der Waals surface area contributed by atoms with E-state index in [0.717, 1.165) is 11.1 Å². The first-order chi connectivity index (χ1) is 8.25. The summed E-state index contributed by atoms with van der Waals surface area (Å²) in [6.45, 7) is 0. The van der Waals surface area contributed by atoms with Gasteiger partial charge in [0.1, 0.15) is 10.2 Å². The molecular formula is C12H6ClNO2S. The molecule has 1 aromatic carbocycles. The van der Waals surface area contributed by atoms with Crippen LogP contribution >= 0.6 is 22.9 Å². The summed E-state index contributed by atoms with van der Waals surface area (Å²) >= 11 is 7.26. The Kier molecular flexibility index (Phi) is 2.46. The van der Waals surface area contributed by atoms with Gasteiger partial charge in [0.05, 0.1) is 0 Å². The predicted molar refractivity (Wildman–Crippen MR) is 68.6 cm³/mol. The first-order valence-corrected chi connectivity index (χ1v) is 6.12. The molecule has 0 aliphatic rings. The van der Waals surface area contributed by atoms with Crippen LogP contribution in [0.25, 0.3) is 21.3 Å². The Morgan fingerprint density at radius 2 is 2.00 bits per heavy atom. The lowest BCUT2D eigenvalue weighted by molar-refractivity contribution is 0.502. The van der Waals surface area contributed by atoms with Crippen LogP contribution in [0, 0.1) is 0 Å². The number of rotatable bonds is 1. The highest BCUT2D eigenvalue weighted by Crippen LogP contribution is 2.31. The highest BCUT2D eigenvalue weighted by atomic mass is 35.5. The van der Waals surface area contributed by atoms with Crippen molar-refractivity contribution in [2.24, 2.45) is 0 Å². The lowest BCUT2D eigenvalue weighted by Gasteiger charge is -1.98. The second-order valence-electron chi connectivity index (χ2n) is 3.48. The third-order valence-corrected chi connectivity index (χ3v) is 3.60. The van der Waals surface area contributed by atoms with Crippen LogP contribution in [0.4, 0.5) is 0 Å². The quantitative estimate of drug-likeness (QED) is 0.674. The van der Waals surface area contributed by atoms with Crippen molar-refractivity contribution in [3.05, 3.63) is 51.5 Å². The molecule has 2 heterocycles. The second-order valence-corrected chi connectivity index (χ2v) is 4.77. The normalized spacial score (nSPS) is 10.9. The maximum atomic E-state index is 11.7. The molecule has 5 heteroatoms. The van der Waals surface area contributed by atoms with Crippen molar-refractivity contribution < 1.29 is 4.42 Å². The Bertz CT molecular complexity index is 730. The number of nitrogens with zero attached hydrogens (tertiary/aromatic N) is 1. The van der Waals surface area contributed by atoms with E-state index in [1.165, 1.54) is 17.7 Å². The standard InChI is InChI=1S/C12H6ClNO2S/c13-8-3-1-7(2-4-8)9-5-17-11-10(9)12(15)16-6-14-11/h1-6H. The first kappa shape index (κ1) is 10.5. The molecule has 2 aromatic heterocycles. The van der Waals surface area contributed by atoms with Crippen molar-refractivity contribution in [2.45, 2.75) is 0 Å². The van der Waals surface area contributed by atoms with E-state index in [1.54, 1.807) is 12.1 Å². The summed E-state index contributed by atoms with van der Waals surface area (Å²) in [5, 5.41) is 3.09. The van der Waals surface area contributed by atoms with E-state index in [1.807, 2.05) is 17.5 Å². The number of benzene rings is 1. The summed E-state index contributed by atoms with van der Waals surface area (Å²) in [5.41, 5.74) is 1.41. The summed E-state index contributed by atoms with van der Waals surface area (Å²) in [7, 11) is 0. The predicted octanol–water partition coefficient (Wildman–Crippen LogP) is 3.57. The molecule has 0 fully saturated rings. The molecule has 3 rings (SSSR count). The molecule has 0 aliphatic heterocycles. The van der Waals surface area contributed by atoms with Gasteiger partial charge >= 0.3 is 5.63 Å². The fourth-order valence-corrected chi connectivity index (χ4v) is 2.69. The topological polar surface area (TPSA) is 43.1 Å². The molecule has 84 valence electrons. The molecule has 0 radical (unpaired) electrons. The van der Waals surface area contributed by atoms with Crippen LogP contribution in [-0.4, -0.2) is 4.98 Å². The van der Waals surface area contributed by atoms with E-state index in [0.29, 0.717) is 15.2 Å². The zero-order valence-electron chi connectivity index (χ0n) is 8.51. The molecular weight excluding hydrogens is 258 g/mol. The fraction of sp³-hybridized carbons (Fsp3) is 0. The molecule has 0 saturated carbocycles. The number of thiophene rings is 1. The average molecular weight is 264 g/mol. The van der Waals surface area contributed by atoms with Crippen LogP contribution in [0.1, 0.15) is 0 Å². The molecule has 0 spiro atoms. The van der Waals surface area contributed by atoms with Gasteiger partial charge in [-0.3, -0.25) is 0 Å². The van der Waals surface area contributed by atoms with E-state index in [4.69, 9.17) is 16.0 Å². The van der Waals surface area contributed by atoms with Crippen LogP contribution in [0.5, 0.6) is 0 Å². The molecule has 3 aromatic rings. The maximum Gasteiger partial charge on any atom is 0.348 e. The number of fused-ring (bicyclic) bond motifs is 1. The van der Waals surface area contributed by atoms with Gasteiger partial charge < -0.3 is 4.42 Å². The molecule has 17 heavy (non-hydrogen) atoms. The smallest absolute Gasteiger partial charge is 0.348 e. The lowest BCUT2D eigenvalue weighted by Crippen LogP contribution is -1.98. The molecule has 0 atom stereocenters. The summed E-state index contributed by atoms with van der Waals surface area (Å²) < 4.78 is 4.80. The van der Waals surface area contributed by atoms with Crippen LogP contribution in [0.15, 0.2) is 45.3 Å². The monoisotopic (exact) mass is 263 g/mol. The Morgan fingerprint density at radius 3 is 2.76 bits per heavy atom. The molecule has 3 nitrogen and oxygen atoms in total. The summed E-state index contributed by atoms with van der Waals surface area (Å²) in [4.78, 5) is 16.4. The van der Waals surface area contributed by atoms with Gasteiger partial charge in [-0.1, -0.05) is 23.7 Å². The summed E-state index contributed by atoms with van der Waals surface area (Å²) in [5.74, 6) is 0. The highest BCUT2D eigenvalue weighted by Gasteiger charge is 2.11. The van der Waals surface area contributed by atoms with Crippen molar-refractivity contribution in [1.29, 1.82) is 0 Å². The Hall–Kier alpha value is -1.65. The zero-order valence-corrected chi connectivity index (χ0v) is 10.1. The van der Waals surface area contributed by atoms with Gasteiger partial charge in [0.25, 0.3) is 0 Å². The van der Waals surface area contributed by atoms with Crippen molar-refractivity contribution in [1.82, 2.24) is 4.98 Å². The van der Waals surface area contributed by atoms with E-state index in [-0.39, 0.29) is 5.63 Å².